The number of piperidine rings is 1. The molecule has 33 heavy (non-hydrogen) atoms. The van der Waals surface area contributed by atoms with Gasteiger partial charge in [-0.1, -0.05) is 12.1 Å². The number of ketones is 2. The summed E-state index contributed by atoms with van der Waals surface area (Å²) in [5, 5.41) is 0. The first kappa shape index (κ1) is 21.6. The molecular formula is C25H23NO6S. The third-order valence-electron chi connectivity index (χ3n) is 6.26. The molecule has 1 fully saturated rings. The maximum absolute atomic E-state index is 12.7. The number of benzene rings is 2. The van der Waals surface area contributed by atoms with Crippen LogP contribution in [0.15, 0.2) is 47.4 Å². The fourth-order valence-corrected chi connectivity index (χ4v) is 5.62. The highest BCUT2D eigenvalue weighted by atomic mass is 32.2. The molecule has 8 heteroatoms. The second-order valence-corrected chi connectivity index (χ2v) is 9.46. The first-order valence-electron chi connectivity index (χ1n) is 10.8. The predicted octanol–water partition coefficient (Wildman–Crippen LogP) is 4.23. The monoisotopic (exact) mass is 465 g/mol. The van der Waals surface area contributed by atoms with Crippen LogP contribution in [0.3, 0.4) is 0 Å². The number of rotatable bonds is 2. The third-order valence-corrected chi connectivity index (χ3v) is 7.59. The summed E-state index contributed by atoms with van der Waals surface area (Å²) in [6.07, 6.45) is 0.829. The number of allylic oxidation sites excluding steroid dienone is 1. The summed E-state index contributed by atoms with van der Waals surface area (Å²) in [4.78, 5) is 40.0. The molecule has 0 bridgehead atoms. The van der Waals surface area contributed by atoms with E-state index in [0.29, 0.717) is 65.0 Å². The topological polar surface area (TPSA) is 82.1 Å². The maximum atomic E-state index is 12.7. The molecule has 7 nitrogen and oxygen atoms in total. The van der Waals surface area contributed by atoms with Crippen molar-refractivity contribution in [2.45, 2.75) is 25.4 Å². The van der Waals surface area contributed by atoms with Crippen LogP contribution in [0.4, 0.5) is 4.79 Å². The SMILES string of the molecule is COc1ccc2c(c1)C(=O)C(=O)C1=C2OC2(CCN(C(=O)Oc3cccc(C)c3)CC2)CS1. The zero-order valence-corrected chi connectivity index (χ0v) is 19.2. The first-order chi connectivity index (χ1) is 15.9. The van der Waals surface area contributed by atoms with E-state index in [1.54, 1.807) is 29.2 Å². The van der Waals surface area contributed by atoms with Gasteiger partial charge in [0.25, 0.3) is 0 Å². The highest BCUT2D eigenvalue weighted by molar-refractivity contribution is 8.04. The summed E-state index contributed by atoms with van der Waals surface area (Å²) < 4.78 is 17.2. The van der Waals surface area contributed by atoms with Gasteiger partial charge in [0, 0.05) is 42.8 Å². The van der Waals surface area contributed by atoms with Crippen LogP contribution in [0.1, 0.15) is 34.3 Å². The Hall–Kier alpha value is -3.26. The Morgan fingerprint density at radius 3 is 2.55 bits per heavy atom. The smallest absolute Gasteiger partial charge is 0.415 e. The van der Waals surface area contributed by atoms with E-state index in [9.17, 15) is 14.4 Å². The number of hydrogen-bond donors (Lipinski definition) is 0. The Kier molecular flexibility index (Phi) is 5.40. The van der Waals surface area contributed by atoms with Crippen molar-refractivity contribution in [1.82, 2.24) is 4.90 Å². The molecule has 2 aromatic carbocycles. The molecule has 2 aromatic rings. The second-order valence-electron chi connectivity index (χ2n) is 8.47. The number of aryl methyl sites for hydroxylation is 1. The van der Waals surface area contributed by atoms with Gasteiger partial charge in [-0.15, -0.1) is 11.8 Å². The van der Waals surface area contributed by atoms with Crippen LogP contribution in [-0.4, -0.2) is 54.1 Å². The lowest BCUT2D eigenvalue weighted by Gasteiger charge is -2.45. The molecule has 0 atom stereocenters. The van der Waals surface area contributed by atoms with Crippen molar-refractivity contribution in [3.63, 3.8) is 0 Å². The van der Waals surface area contributed by atoms with Crippen LogP contribution in [0.25, 0.3) is 5.76 Å². The molecule has 2 aliphatic heterocycles. The molecule has 0 unspecified atom stereocenters. The van der Waals surface area contributed by atoms with E-state index in [1.807, 2.05) is 25.1 Å². The molecule has 5 rings (SSSR count). The minimum atomic E-state index is -0.539. The van der Waals surface area contributed by atoms with E-state index in [4.69, 9.17) is 14.2 Å². The summed E-state index contributed by atoms with van der Waals surface area (Å²) >= 11 is 1.37. The van der Waals surface area contributed by atoms with Crippen LogP contribution < -0.4 is 9.47 Å². The Labute approximate surface area is 195 Å². The molecule has 3 aliphatic rings. The van der Waals surface area contributed by atoms with E-state index in [0.717, 1.165) is 5.56 Å². The normalized spacial score (nSPS) is 19.0. The van der Waals surface area contributed by atoms with Gasteiger partial charge in [0.05, 0.1) is 7.11 Å². The van der Waals surface area contributed by atoms with Crippen molar-refractivity contribution >= 4 is 35.2 Å². The summed E-state index contributed by atoms with van der Waals surface area (Å²) in [5.41, 5.74) is 1.42. The summed E-state index contributed by atoms with van der Waals surface area (Å²) in [6.45, 7) is 2.91. The second kappa shape index (κ2) is 8.26. The quantitative estimate of drug-likeness (QED) is 0.614. The number of thioether (sulfide) groups is 1. The Morgan fingerprint density at radius 2 is 1.82 bits per heavy atom. The van der Waals surface area contributed by atoms with Gasteiger partial charge in [0.2, 0.25) is 11.6 Å². The lowest BCUT2D eigenvalue weighted by atomic mass is 9.90. The number of nitrogens with zero attached hydrogens (tertiary/aromatic N) is 1. The van der Waals surface area contributed by atoms with Gasteiger partial charge in [0.15, 0.2) is 0 Å². The van der Waals surface area contributed by atoms with Crippen molar-refractivity contribution in [2.75, 3.05) is 26.0 Å². The molecule has 2 heterocycles. The number of carbonyl (C=O) groups excluding carboxylic acids is 3. The van der Waals surface area contributed by atoms with E-state index >= 15 is 0 Å². The molecule has 1 spiro atoms. The average molecular weight is 466 g/mol. The van der Waals surface area contributed by atoms with Gasteiger partial charge >= 0.3 is 6.09 Å². The summed E-state index contributed by atoms with van der Waals surface area (Å²) in [5.74, 6) is 0.976. The fraction of sp³-hybridized carbons (Fsp3) is 0.320. The molecule has 1 aliphatic carbocycles. The number of Topliss-reactive ketones (excluding diaryl/α,β-unsaturated/α-hetero) is 2. The fourth-order valence-electron chi connectivity index (χ4n) is 4.36. The van der Waals surface area contributed by atoms with E-state index < -0.39 is 17.2 Å². The predicted molar refractivity (Wildman–Crippen MR) is 124 cm³/mol. The van der Waals surface area contributed by atoms with Crippen LogP contribution >= 0.6 is 11.8 Å². The zero-order valence-electron chi connectivity index (χ0n) is 18.4. The number of likely N-dealkylation sites (tertiary alicyclic amines) is 1. The molecule has 0 aromatic heterocycles. The summed E-state index contributed by atoms with van der Waals surface area (Å²) in [7, 11) is 1.52. The number of ether oxygens (including phenoxy) is 3. The molecule has 0 radical (unpaired) electrons. The lowest BCUT2D eigenvalue weighted by Crippen LogP contribution is -2.51. The number of carbonyl (C=O) groups is 3. The largest absolute Gasteiger partial charge is 0.497 e. The molecule has 1 amide bonds. The number of amides is 1. The van der Waals surface area contributed by atoms with Crippen LogP contribution in [0.5, 0.6) is 11.5 Å². The van der Waals surface area contributed by atoms with E-state index in [1.165, 1.54) is 18.9 Å². The van der Waals surface area contributed by atoms with Crippen LogP contribution in [0.2, 0.25) is 0 Å². The van der Waals surface area contributed by atoms with Crippen LogP contribution in [-0.2, 0) is 9.53 Å². The maximum Gasteiger partial charge on any atom is 0.415 e. The average Bonchev–Trinajstić information content (AvgIpc) is 2.82. The first-order valence-corrected chi connectivity index (χ1v) is 11.7. The number of methoxy groups -OCH3 is 1. The van der Waals surface area contributed by atoms with Crippen molar-refractivity contribution in [3.8, 4) is 11.5 Å². The molecule has 170 valence electrons. The Balaban J connectivity index is 1.32. The van der Waals surface area contributed by atoms with Gasteiger partial charge in [-0.2, -0.15) is 0 Å². The van der Waals surface area contributed by atoms with Crippen molar-refractivity contribution in [3.05, 3.63) is 64.1 Å². The van der Waals surface area contributed by atoms with Crippen molar-refractivity contribution in [1.29, 1.82) is 0 Å². The van der Waals surface area contributed by atoms with Crippen molar-refractivity contribution in [2.24, 2.45) is 0 Å². The number of fused-ring (bicyclic) bond motifs is 2. The highest BCUT2D eigenvalue weighted by Gasteiger charge is 2.46. The van der Waals surface area contributed by atoms with Gasteiger partial charge in [-0.3, -0.25) is 9.59 Å². The Bertz CT molecular complexity index is 1200. The van der Waals surface area contributed by atoms with Crippen LogP contribution in [0, 0.1) is 6.92 Å². The van der Waals surface area contributed by atoms with Gasteiger partial charge < -0.3 is 19.1 Å². The minimum absolute atomic E-state index is 0.301. The Morgan fingerprint density at radius 1 is 1.03 bits per heavy atom. The zero-order chi connectivity index (χ0) is 23.2. The molecule has 0 N–H and O–H groups in total. The van der Waals surface area contributed by atoms with Gasteiger partial charge in [-0.25, -0.2) is 4.79 Å². The van der Waals surface area contributed by atoms with E-state index in [-0.39, 0.29) is 6.09 Å². The highest BCUT2D eigenvalue weighted by Crippen LogP contribution is 2.47. The van der Waals surface area contributed by atoms with Gasteiger partial charge in [0.1, 0.15) is 27.8 Å². The molecule has 1 saturated heterocycles. The lowest BCUT2D eigenvalue weighted by molar-refractivity contribution is -0.111. The van der Waals surface area contributed by atoms with E-state index in [2.05, 4.69) is 0 Å². The molecule has 0 saturated carbocycles. The number of hydrogen-bond acceptors (Lipinski definition) is 7. The summed E-state index contributed by atoms with van der Waals surface area (Å²) in [6, 6.07) is 12.5. The standard InChI is InChI=1S/C25H23NO6S/c1-15-4-3-5-17(12-15)31-24(29)26-10-8-25(9-11-26)14-33-23-21(28)20(27)19-13-16(30-2)6-7-18(19)22(23)32-25/h3-7,12-13H,8-11,14H2,1-2H3. The van der Waals surface area contributed by atoms with Gasteiger partial charge in [-0.05, 0) is 42.8 Å². The minimum Gasteiger partial charge on any atom is -0.497 e. The third kappa shape index (κ3) is 3.88. The van der Waals surface area contributed by atoms with Crippen molar-refractivity contribution < 1.29 is 28.6 Å². The molecular weight excluding hydrogens is 442 g/mol.